The van der Waals surface area contributed by atoms with Gasteiger partial charge >= 0.3 is 0 Å². The monoisotopic (exact) mass is 301 g/mol. The Balaban J connectivity index is 1.68. The number of rotatable bonds is 6. The normalized spacial score (nSPS) is 19.3. The molecule has 118 valence electrons. The Morgan fingerprint density at radius 3 is 2.36 bits per heavy atom. The van der Waals surface area contributed by atoms with E-state index in [1.54, 1.807) is 12.1 Å². The zero-order valence-electron chi connectivity index (χ0n) is 12.9. The van der Waals surface area contributed by atoms with Gasteiger partial charge in [-0.3, -0.25) is 9.59 Å². The third-order valence-electron chi connectivity index (χ3n) is 4.77. The summed E-state index contributed by atoms with van der Waals surface area (Å²) in [6.45, 7) is 4.55. The summed E-state index contributed by atoms with van der Waals surface area (Å²) in [6, 6.07) is 7.62. The number of hydrogen-bond donors (Lipinski definition) is 2. The van der Waals surface area contributed by atoms with Gasteiger partial charge in [-0.1, -0.05) is 19.1 Å². The van der Waals surface area contributed by atoms with E-state index in [4.69, 9.17) is 5.73 Å². The maximum Gasteiger partial charge on any atom is 0.248 e. The average molecular weight is 301 g/mol. The van der Waals surface area contributed by atoms with Gasteiger partial charge in [-0.2, -0.15) is 0 Å². The molecule has 1 heterocycles. The minimum atomic E-state index is -0.423. The molecule has 2 aliphatic rings. The predicted molar refractivity (Wildman–Crippen MR) is 84.1 cm³/mol. The van der Waals surface area contributed by atoms with Gasteiger partial charge in [0.15, 0.2) is 0 Å². The van der Waals surface area contributed by atoms with Crippen LogP contribution in [0.15, 0.2) is 24.3 Å². The van der Waals surface area contributed by atoms with Crippen molar-refractivity contribution < 1.29 is 9.59 Å². The Labute approximate surface area is 130 Å². The summed E-state index contributed by atoms with van der Waals surface area (Å²) >= 11 is 0. The number of carbonyl (C=O) groups is 2. The molecule has 0 radical (unpaired) electrons. The van der Waals surface area contributed by atoms with Crippen LogP contribution in [0.1, 0.15) is 35.7 Å². The van der Waals surface area contributed by atoms with Gasteiger partial charge in [0, 0.05) is 24.1 Å². The lowest BCUT2D eigenvalue weighted by Gasteiger charge is -2.35. The lowest BCUT2D eigenvalue weighted by atomic mass is 9.87. The second-order valence-corrected chi connectivity index (χ2v) is 6.47. The molecule has 1 saturated heterocycles. The third-order valence-corrected chi connectivity index (χ3v) is 4.77. The van der Waals surface area contributed by atoms with Crippen molar-refractivity contribution >= 4 is 11.8 Å². The molecule has 1 saturated carbocycles. The first-order valence-electron chi connectivity index (χ1n) is 7.96. The summed E-state index contributed by atoms with van der Waals surface area (Å²) in [7, 11) is 0. The largest absolute Gasteiger partial charge is 0.366 e. The maximum atomic E-state index is 12.8. The van der Waals surface area contributed by atoms with Crippen LogP contribution < -0.4 is 11.1 Å². The summed E-state index contributed by atoms with van der Waals surface area (Å²) < 4.78 is 0. The fraction of sp³-hybridized carbons (Fsp3) is 0.529. The smallest absolute Gasteiger partial charge is 0.248 e. The first-order valence-corrected chi connectivity index (χ1v) is 7.96. The van der Waals surface area contributed by atoms with Gasteiger partial charge in [0.25, 0.3) is 0 Å². The van der Waals surface area contributed by atoms with E-state index >= 15 is 0 Å². The zero-order valence-corrected chi connectivity index (χ0v) is 12.9. The van der Waals surface area contributed by atoms with Gasteiger partial charge in [-0.25, -0.2) is 0 Å². The molecule has 2 fully saturated rings. The summed E-state index contributed by atoms with van der Waals surface area (Å²) in [4.78, 5) is 25.9. The Morgan fingerprint density at radius 1 is 1.27 bits per heavy atom. The average Bonchev–Trinajstić information content (AvgIpc) is 3.27. The quantitative estimate of drug-likeness (QED) is 0.827. The molecule has 1 atom stereocenters. The SMILES string of the molecule is CC(C(=O)N(Cc1ccc(C(N)=O)cc1)C1CC1)C1CNC1. The van der Waals surface area contributed by atoms with E-state index in [-0.39, 0.29) is 11.8 Å². The molecule has 1 aliphatic carbocycles. The van der Waals surface area contributed by atoms with Crippen molar-refractivity contribution in [1.29, 1.82) is 0 Å². The number of carbonyl (C=O) groups excluding carboxylic acids is 2. The highest BCUT2D eigenvalue weighted by Crippen LogP contribution is 2.31. The van der Waals surface area contributed by atoms with Crippen LogP contribution in [0.3, 0.4) is 0 Å². The van der Waals surface area contributed by atoms with Crippen LogP contribution >= 0.6 is 0 Å². The number of nitrogens with two attached hydrogens (primary N) is 1. The third kappa shape index (κ3) is 3.14. The van der Waals surface area contributed by atoms with Gasteiger partial charge in [0.05, 0.1) is 0 Å². The van der Waals surface area contributed by atoms with Crippen molar-refractivity contribution in [1.82, 2.24) is 10.2 Å². The number of nitrogens with zero attached hydrogens (tertiary/aromatic N) is 1. The Kier molecular flexibility index (Phi) is 4.16. The fourth-order valence-electron chi connectivity index (χ4n) is 2.87. The molecule has 1 aromatic rings. The fourth-order valence-corrected chi connectivity index (χ4v) is 2.87. The molecule has 1 unspecified atom stereocenters. The van der Waals surface area contributed by atoms with E-state index in [2.05, 4.69) is 5.32 Å². The molecule has 22 heavy (non-hydrogen) atoms. The van der Waals surface area contributed by atoms with Crippen LogP contribution in [-0.4, -0.2) is 35.8 Å². The zero-order chi connectivity index (χ0) is 15.7. The molecular formula is C17H23N3O2. The molecule has 0 spiro atoms. The molecule has 2 amide bonds. The Morgan fingerprint density at radius 2 is 1.91 bits per heavy atom. The highest BCUT2D eigenvalue weighted by atomic mass is 16.2. The highest BCUT2D eigenvalue weighted by Gasteiger charge is 2.38. The molecule has 3 N–H and O–H groups in total. The highest BCUT2D eigenvalue weighted by molar-refractivity contribution is 5.92. The Bertz CT molecular complexity index is 562. The number of benzene rings is 1. The van der Waals surface area contributed by atoms with Crippen LogP contribution in [0, 0.1) is 11.8 Å². The summed E-state index contributed by atoms with van der Waals surface area (Å²) in [5.74, 6) is 0.374. The summed E-state index contributed by atoms with van der Waals surface area (Å²) in [5.41, 5.74) is 6.80. The lowest BCUT2D eigenvalue weighted by molar-refractivity contribution is -0.138. The van der Waals surface area contributed by atoms with E-state index in [9.17, 15) is 9.59 Å². The van der Waals surface area contributed by atoms with E-state index in [1.807, 2.05) is 24.0 Å². The van der Waals surface area contributed by atoms with E-state index in [1.165, 1.54) is 0 Å². The molecule has 0 bridgehead atoms. The molecule has 5 heteroatoms. The molecule has 1 aliphatic heterocycles. The number of nitrogens with one attached hydrogen (secondary N) is 1. The van der Waals surface area contributed by atoms with Gasteiger partial charge < -0.3 is 16.0 Å². The lowest BCUT2D eigenvalue weighted by Crippen LogP contribution is -2.50. The van der Waals surface area contributed by atoms with Crippen LogP contribution in [0.5, 0.6) is 0 Å². The van der Waals surface area contributed by atoms with Gasteiger partial charge in [-0.15, -0.1) is 0 Å². The van der Waals surface area contributed by atoms with Gasteiger partial charge in [0.2, 0.25) is 11.8 Å². The number of amides is 2. The van der Waals surface area contributed by atoms with Gasteiger partial charge in [0.1, 0.15) is 0 Å². The van der Waals surface area contributed by atoms with Crippen LogP contribution in [0.4, 0.5) is 0 Å². The second kappa shape index (κ2) is 6.08. The first kappa shape index (κ1) is 15.0. The van der Waals surface area contributed by atoms with Crippen molar-refractivity contribution in [2.24, 2.45) is 17.6 Å². The van der Waals surface area contributed by atoms with E-state index < -0.39 is 5.91 Å². The number of primary amides is 1. The summed E-state index contributed by atoms with van der Waals surface area (Å²) in [5, 5.41) is 3.23. The first-order chi connectivity index (χ1) is 10.6. The topological polar surface area (TPSA) is 75.4 Å². The maximum absolute atomic E-state index is 12.8. The van der Waals surface area contributed by atoms with E-state index in [0.717, 1.165) is 31.5 Å². The standard InChI is InChI=1S/C17H23N3O2/c1-11(14-8-19-9-14)17(22)20(15-6-7-15)10-12-2-4-13(5-3-12)16(18)21/h2-5,11,14-15,19H,6-10H2,1H3,(H2,18,21). The van der Waals surface area contributed by atoms with Gasteiger partial charge in [-0.05, 0) is 49.5 Å². The predicted octanol–water partition coefficient (Wildman–Crippen LogP) is 1.13. The second-order valence-electron chi connectivity index (χ2n) is 6.47. The van der Waals surface area contributed by atoms with Crippen LogP contribution in [0.25, 0.3) is 0 Å². The molecule has 3 rings (SSSR count). The van der Waals surface area contributed by atoms with Crippen LogP contribution in [0.2, 0.25) is 0 Å². The molecular weight excluding hydrogens is 278 g/mol. The Hall–Kier alpha value is -1.88. The minimum absolute atomic E-state index is 0.0757. The van der Waals surface area contributed by atoms with Crippen molar-refractivity contribution in [3.63, 3.8) is 0 Å². The molecule has 0 aromatic heterocycles. The minimum Gasteiger partial charge on any atom is -0.366 e. The summed E-state index contributed by atoms with van der Waals surface area (Å²) in [6.07, 6.45) is 2.20. The van der Waals surface area contributed by atoms with Crippen molar-refractivity contribution in [3.05, 3.63) is 35.4 Å². The molecule has 5 nitrogen and oxygen atoms in total. The van der Waals surface area contributed by atoms with Crippen molar-refractivity contribution in [2.45, 2.75) is 32.4 Å². The number of hydrogen-bond acceptors (Lipinski definition) is 3. The van der Waals surface area contributed by atoms with E-state index in [0.29, 0.717) is 24.1 Å². The van der Waals surface area contributed by atoms with Crippen LogP contribution in [-0.2, 0) is 11.3 Å². The van der Waals surface area contributed by atoms with Crippen molar-refractivity contribution in [2.75, 3.05) is 13.1 Å². The van der Waals surface area contributed by atoms with Crippen molar-refractivity contribution in [3.8, 4) is 0 Å². The molecule has 1 aromatic carbocycles.